The highest BCUT2D eigenvalue weighted by atomic mass is 16.5. The second-order valence-corrected chi connectivity index (χ2v) is 4.13. The molecule has 3 N–H and O–H groups in total. The molecule has 6 nitrogen and oxygen atoms in total. The van der Waals surface area contributed by atoms with Gasteiger partial charge in [-0.3, -0.25) is 9.59 Å². The topological polar surface area (TPSA) is 92.9 Å². The summed E-state index contributed by atoms with van der Waals surface area (Å²) in [5.74, 6) is -1.42. The van der Waals surface area contributed by atoms with Crippen LogP contribution in [-0.4, -0.2) is 48.7 Å². The molecule has 1 aromatic carbocycles. The third-order valence-electron chi connectivity index (χ3n) is 2.78. The Morgan fingerprint density at radius 1 is 1.42 bits per heavy atom. The average Bonchev–Trinajstić information content (AvgIpc) is 2.36. The van der Waals surface area contributed by atoms with Gasteiger partial charge in [0.2, 0.25) is 0 Å². The number of nitrogens with two attached hydrogens (primary N) is 1. The fraction of sp³-hybridized carbons (Fsp3) is 0.385. The second kappa shape index (κ2) is 6.75. The molecule has 1 aromatic rings. The number of hydrogen-bond acceptors (Lipinski definition) is 4. The molecule has 0 spiro atoms. The number of anilines is 1. The van der Waals surface area contributed by atoms with Crippen molar-refractivity contribution in [1.82, 2.24) is 4.90 Å². The first-order chi connectivity index (χ1) is 8.97. The van der Waals surface area contributed by atoms with Gasteiger partial charge in [0.25, 0.3) is 5.91 Å². The minimum atomic E-state index is -1.06. The van der Waals surface area contributed by atoms with E-state index in [2.05, 4.69) is 0 Å². The van der Waals surface area contributed by atoms with Gasteiger partial charge in [0.05, 0.1) is 6.61 Å². The number of methoxy groups -OCH3 is 1. The molecule has 0 bridgehead atoms. The summed E-state index contributed by atoms with van der Waals surface area (Å²) >= 11 is 0. The molecule has 0 aromatic heterocycles. The summed E-state index contributed by atoms with van der Waals surface area (Å²) in [6.45, 7) is 1.87. The summed E-state index contributed by atoms with van der Waals surface area (Å²) in [4.78, 5) is 24.3. The second-order valence-electron chi connectivity index (χ2n) is 4.13. The Bertz CT molecular complexity index is 474. The monoisotopic (exact) mass is 266 g/mol. The normalized spacial score (nSPS) is 10.2. The predicted molar refractivity (Wildman–Crippen MR) is 71.0 cm³/mol. The minimum Gasteiger partial charge on any atom is -0.480 e. The van der Waals surface area contributed by atoms with Crippen LogP contribution in [0, 0.1) is 6.92 Å². The fourth-order valence-corrected chi connectivity index (χ4v) is 1.67. The Balaban J connectivity index is 2.97. The van der Waals surface area contributed by atoms with Crippen molar-refractivity contribution >= 4 is 17.6 Å². The molecule has 0 aliphatic heterocycles. The Morgan fingerprint density at radius 3 is 2.68 bits per heavy atom. The van der Waals surface area contributed by atoms with Crippen LogP contribution in [-0.2, 0) is 9.53 Å². The number of nitrogen functional groups attached to an aromatic ring is 1. The molecule has 0 saturated heterocycles. The molecule has 0 aliphatic rings. The lowest BCUT2D eigenvalue weighted by Gasteiger charge is -2.21. The zero-order valence-electron chi connectivity index (χ0n) is 11.0. The maximum atomic E-state index is 12.3. The van der Waals surface area contributed by atoms with Crippen LogP contribution in [0.25, 0.3) is 0 Å². The van der Waals surface area contributed by atoms with Crippen molar-refractivity contribution in [1.29, 1.82) is 0 Å². The molecule has 0 aliphatic carbocycles. The SMILES string of the molecule is COCCN(CC(=O)O)C(=O)c1cccc(N)c1C. The Hall–Kier alpha value is -2.08. The van der Waals surface area contributed by atoms with Crippen LogP contribution in [0.4, 0.5) is 5.69 Å². The zero-order valence-corrected chi connectivity index (χ0v) is 11.0. The van der Waals surface area contributed by atoms with Crippen molar-refractivity contribution < 1.29 is 19.4 Å². The number of hydrogen-bond donors (Lipinski definition) is 2. The number of carboxylic acid groups (broad SMARTS) is 1. The summed E-state index contributed by atoms with van der Waals surface area (Å²) in [7, 11) is 1.50. The van der Waals surface area contributed by atoms with E-state index >= 15 is 0 Å². The van der Waals surface area contributed by atoms with Crippen molar-refractivity contribution in [3.8, 4) is 0 Å². The van der Waals surface area contributed by atoms with Gasteiger partial charge in [-0.05, 0) is 24.6 Å². The highest BCUT2D eigenvalue weighted by molar-refractivity contribution is 5.98. The summed E-state index contributed by atoms with van der Waals surface area (Å²) in [6, 6.07) is 5.00. The highest BCUT2D eigenvalue weighted by Crippen LogP contribution is 2.17. The van der Waals surface area contributed by atoms with Gasteiger partial charge >= 0.3 is 5.97 Å². The van der Waals surface area contributed by atoms with Crippen LogP contribution in [0.3, 0.4) is 0 Å². The molecule has 19 heavy (non-hydrogen) atoms. The van der Waals surface area contributed by atoms with Crippen molar-refractivity contribution in [2.45, 2.75) is 6.92 Å². The Kier molecular flexibility index (Phi) is 5.32. The van der Waals surface area contributed by atoms with E-state index < -0.39 is 5.97 Å². The molecule has 0 radical (unpaired) electrons. The van der Waals surface area contributed by atoms with Crippen LogP contribution >= 0.6 is 0 Å². The smallest absolute Gasteiger partial charge is 0.323 e. The van der Waals surface area contributed by atoms with Crippen molar-refractivity contribution in [2.75, 3.05) is 32.5 Å². The number of amides is 1. The number of aliphatic carboxylic acids is 1. The van der Waals surface area contributed by atoms with Gasteiger partial charge in [-0.1, -0.05) is 6.07 Å². The van der Waals surface area contributed by atoms with Gasteiger partial charge in [0.1, 0.15) is 6.54 Å². The van der Waals surface area contributed by atoms with Gasteiger partial charge in [-0.2, -0.15) is 0 Å². The van der Waals surface area contributed by atoms with Crippen molar-refractivity contribution in [3.63, 3.8) is 0 Å². The van der Waals surface area contributed by atoms with Crippen LogP contribution in [0.5, 0.6) is 0 Å². The summed E-state index contributed by atoms with van der Waals surface area (Å²) in [5.41, 5.74) is 7.32. The van der Waals surface area contributed by atoms with E-state index in [1.807, 2.05) is 0 Å². The predicted octanol–water partition coefficient (Wildman–Crippen LogP) is 0.750. The van der Waals surface area contributed by atoms with Gasteiger partial charge in [0.15, 0.2) is 0 Å². The number of ether oxygens (including phenoxy) is 1. The van der Waals surface area contributed by atoms with Gasteiger partial charge in [0, 0.05) is 24.9 Å². The van der Waals surface area contributed by atoms with Crippen LogP contribution in [0.1, 0.15) is 15.9 Å². The third kappa shape index (κ3) is 3.96. The average molecular weight is 266 g/mol. The van der Waals surface area contributed by atoms with Gasteiger partial charge < -0.3 is 20.5 Å². The lowest BCUT2D eigenvalue weighted by molar-refractivity contribution is -0.137. The first-order valence-electron chi connectivity index (χ1n) is 5.82. The number of carbonyl (C=O) groups excluding carboxylic acids is 1. The van der Waals surface area contributed by atoms with Crippen molar-refractivity contribution in [3.05, 3.63) is 29.3 Å². The number of benzene rings is 1. The standard InChI is InChI=1S/C13H18N2O4/c1-9-10(4-3-5-11(9)14)13(18)15(6-7-19-2)8-12(16)17/h3-5H,6-8,14H2,1-2H3,(H,16,17). The third-order valence-corrected chi connectivity index (χ3v) is 2.78. The van der Waals surface area contributed by atoms with Crippen molar-refractivity contribution in [2.24, 2.45) is 0 Å². The first kappa shape index (κ1) is 15.0. The molecule has 104 valence electrons. The summed E-state index contributed by atoms with van der Waals surface area (Å²) in [5, 5.41) is 8.84. The molecular weight excluding hydrogens is 248 g/mol. The molecule has 6 heteroatoms. The molecule has 0 fully saturated rings. The van der Waals surface area contributed by atoms with E-state index in [4.69, 9.17) is 15.6 Å². The van der Waals surface area contributed by atoms with E-state index in [-0.39, 0.29) is 25.6 Å². The number of nitrogens with zero attached hydrogens (tertiary/aromatic N) is 1. The fourth-order valence-electron chi connectivity index (χ4n) is 1.67. The zero-order chi connectivity index (χ0) is 14.4. The lowest BCUT2D eigenvalue weighted by Crippen LogP contribution is -2.38. The molecule has 0 saturated carbocycles. The van der Waals surface area contributed by atoms with Gasteiger partial charge in [-0.25, -0.2) is 0 Å². The molecule has 1 amide bonds. The van der Waals surface area contributed by atoms with Crippen LogP contribution in [0.15, 0.2) is 18.2 Å². The van der Waals surface area contributed by atoms with E-state index in [9.17, 15) is 9.59 Å². The van der Waals surface area contributed by atoms with E-state index in [0.717, 1.165) is 0 Å². The Labute approximate surface area is 111 Å². The summed E-state index contributed by atoms with van der Waals surface area (Å²) in [6.07, 6.45) is 0. The van der Waals surface area contributed by atoms with E-state index in [0.29, 0.717) is 16.8 Å². The first-order valence-corrected chi connectivity index (χ1v) is 5.82. The molecular formula is C13H18N2O4. The quantitative estimate of drug-likeness (QED) is 0.741. The molecule has 0 atom stereocenters. The van der Waals surface area contributed by atoms with Crippen LogP contribution < -0.4 is 5.73 Å². The maximum absolute atomic E-state index is 12.3. The van der Waals surface area contributed by atoms with Crippen LogP contribution in [0.2, 0.25) is 0 Å². The molecule has 1 rings (SSSR count). The molecule has 0 heterocycles. The number of rotatable bonds is 6. The minimum absolute atomic E-state index is 0.218. The lowest BCUT2D eigenvalue weighted by atomic mass is 10.1. The Morgan fingerprint density at radius 2 is 2.11 bits per heavy atom. The number of carbonyl (C=O) groups is 2. The molecule has 0 unspecified atom stereocenters. The summed E-state index contributed by atoms with van der Waals surface area (Å²) < 4.78 is 4.88. The van der Waals surface area contributed by atoms with E-state index in [1.54, 1.807) is 25.1 Å². The number of carboxylic acids is 1. The van der Waals surface area contributed by atoms with E-state index in [1.165, 1.54) is 12.0 Å². The van der Waals surface area contributed by atoms with Gasteiger partial charge in [-0.15, -0.1) is 0 Å². The highest BCUT2D eigenvalue weighted by Gasteiger charge is 2.20. The largest absolute Gasteiger partial charge is 0.480 e. The maximum Gasteiger partial charge on any atom is 0.323 e.